The molecular weight excluding hydrogens is 197 g/mol. The molecule has 15 heavy (non-hydrogen) atoms. The van der Waals surface area contributed by atoms with Crippen LogP contribution in [0.3, 0.4) is 0 Å². The lowest BCUT2D eigenvalue weighted by Crippen LogP contribution is -2.02. The third-order valence-corrected chi connectivity index (χ3v) is 1.97. The van der Waals surface area contributed by atoms with Crippen molar-refractivity contribution in [3.05, 3.63) is 24.0 Å². The summed E-state index contributed by atoms with van der Waals surface area (Å²) in [5.41, 5.74) is 5.91. The quantitative estimate of drug-likeness (QED) is 0.582. The van der Waals surface area contributed by atoms with E-state index in [0.29, 0.717) is 18.0 Å². The molecule has 0 heterocycles. The van der Waals surface area contributed by atoms with E-state index in [1.807, 2.05) is 0 Å². The summed E-state index contributed by atoms with van der Waals surface area (Å²) in [6.07, 6.45) is 1.84. The Hall–Kier alpha value is -1.29. The van der Waals surface area contributed by atoms with Gasteiger partial charge in [0.1, 0.15) is 11.6 Å². The summed E-state index contributed by atoms with van der Waals surface area (Å²) in [4.78, 5) is 0. The Labute approximate surface area is 89.0 Å². The molecule has 0 aliphatic carbocycles. The molecule has 0 saturated carbocycles. The fourth-order valence-corrected chi connectivity index (χ4v) is 1.18. The minimum absolute atomic E-state index is 0.335. The van der Waals surface area contributed by atoms with Gasteiger partial charge in [0.05, 0.1) is 12.3 Å². The first-order valence-corrected chi connectivity index (χ1v) is 4.91. The lowest BCUT2D eigenvalue weighted by molar-refractivity contribution is 0.184. The molecule has 84 valence electrons. The van der Waals surface area contributed by atoms with E-state index in [1.165, 1.54) is 12.1 Å². The van der Waals surface area contributed by atoms with Crippen molar-refractivity contribution in [2.75, 3.05) is 26.1 Å². The lowest BCUT2D eigenvalue weighted by atomic mass is 10.3. The maximum atomic E-state index is 12.7. The highest BCUT2D eigenvalue weighted by atomic mass is 19.1. The average Bonchev–Trinajstić information content (AvgIpc) is 2.20. The number of nitrogens with two attached hydrogens (primary N) is 1. The summed E-state index contributed by atoms with van der Waals surface area (Å²) in [7, 11) is 1.67. The van der Waals surface area contributed by atoms with Crippen LogP contribution in [0.5, 0.6) is 5.75 Å². The largest absolute Gasteiger partial charge is 0.491 e. The number of benzene rings is 1. The van der Waals surface area contributed by atoms with Crippen LogP contribution in [0.25, 0.3) is 0 Å². The summed E-state index contributed by atoms with van der Waals surface area (Å²) < 4.78 is 23.0. The van der Waals surface area contributed by atoms with Gasteiger partial charge in [-0.1, -0.05) is 0 Å². The summed E-state index contributed by atoms with van der Waals surface area (Å²) in [6, 6.07) is 4.13. The first kappa shape index (κ1) is 11.8. The molecule has 0 saturated heterocycles. The van der Waals surface area contributed by atoms with Crippen molar-refractivity contribution in [3.63, 3.8) is 0 Å². The van der Waals surface area contributed by atoms with E-state index in [1.54, 1.807) is 13.2 Å². The first-order chi connectivity index (χ1) is 7.24. The molecule has 0 spiro atoms. The van der Waals surface area contributed by atoms with Crippen LogP contribution in [-0.2, 0) is 4.74 Å². The Morgan fingerprint density at radius 3 is 2.67 bits per heavy atom. The monoisotopic (exact) mass is 213 g/mol. The molecule has 0 aromatic heterocycles. The Morgan fingerprint density at radius 1 is 1.27 bits per heavy atom. The van der Waals surface area contributed by atoms with Crippen molar-refractivity contribution < 1.29 is 13.9 Å². The molecule has 3 nitrogen and oxygen atoms in total. The SMILES string of the molecule is COCCCCOc1ccc(F)cc1N. The van der Waals surface area contributed by atoms with Crippen LogP contribution in [0.2, 0.25) is 0 Å². The standard InChI is InChI=1S/C11H16FNO2/c1-14-6-2-3-7-15-11-5-4-9(12)8-10(11)13/h4-5,8H,2-3,6-7,13H2,1H3. The molecule has 0 aliphatic rings. The van der Waals surface area contributed by atoms with Crippen LogP contribution in [0.4, 0.5) is 10.1 Å². The van der Waals surface area contributed by atoms with Gasteiger partial charge >= 0.3 is 0 Å². The van der Waals surface area contributed by atoms with Crippen LogP contribution >= 0.6 is 0 Å². The molecule has 0 aliphatic heterocycles. The number of halogens is 1. The number of nitrogen functional groups attached to an aromatic ring is 1. The third-order valence-electron chi connectivity index (χ3n) is 1.97. The van der Waals surface area contributed by atoms with Gasteiger partial charge in [0.25, 0.3) is 0 Å². The van der Waals surface area contributed by atoms with Gasteiger partial charge in [0.2, 0.25) is 0 Å². The summed E-state index contributed by atoms with van der Waals surface area (Å²) in [6.45, 7) is 1.29. The maximum absolute atomic E-state index is 12.7. The van der Waals surface area contributed by atoms with E-state index in [2.05, 4.69) is 0 Å². The van der Waals surface area contributed by atoms with Crippen molar-refractivity contribution >= 4 is 5.69 Å². The second-order valence-electron chi connectivity index (χ2n) is 3.23. The molecule has 0 fully saturated rings. The van der Waals surface area contributed by atoms with Crippen LogP contribution in [0.15, 0.2) is 18.2 Å². The van der Waals surface area contributed by atoms with Crippen molar-refractivity contribution in [3.8, 4) is 5.75 Å². The van der Waals surface area contributed by atoms with Gasteiger partial charge in [-0.25, -0.2) is 4.39 Å². The molecular formula is C11H16FNO2. The molecule has 1 rings (SSSR count). The predicted octanol–water partition coefficient (Wildman–Crippen LogP) is 2.21. The fourth-order valence-electron chi connectivity index (χ4n) is 1.18. The van der Waals surface area contributed by atoms with E-state index in [-0.39, 0.29) is 5.82 Å². The van der Waals surface area contributed by atoms with Gasteiger partial charge in [-0.15, -0.1) is 0 Å². The van der Waals surface area contributed by atoms with E-state index in [4.69, 9.17) is 15.2 Å². The van der Waals surface area contributed by atoms with Gasteiger partial charge in [0.15, 0.2) is 0 Å². The number of hydrogen-bond acceptors (Lipinski definition) is 3. The normalized spacial score (nSPS) is 10.3. The molecule has 1 aromatic carbocycles. The van der Waals surface area contributed by atoms with E-state index >= 15 is 0 Å². The van der Waals surface area contributed by atoms with Crippen molar-refractivity contribution in [2.45, 2.75) is 12.8 Å². The lowest BCUT2D eigenvalue weighted by Gasteiger charge is -2.08. The van der Waals surface area contributed by atoms with E-state index in [0.717, 1.165) is 19.4 Å². The Bertz CT molecular complexity index is 305. The summed E-state index contributed by atoms with van der Waals surface area (Å²) >= 11 is 0. The van der Waals surface area contributed by atoms with Crippen LogP contribution in [0, 0.1) is 5.82 Å². The van der Waals surface area contributed by atoms with Gasteiger partial charge in [-0.05, 0) is 25.0 Å². The zero-order valence-corrected chi connectivity index (χ0v) is 8.83. The molecule has 0 unspecified atom stereocenters. The second kappa shape index (κ2) is 6.24. The highest BCUT2D eigenvalue weighted by Crippen LogP contribution is 2.21. The molecule has 4 heteroatoms. The Kier molecular flexibility index (Phi) is 4.90. The van der Waals surface area contributed by atoms with Crippen molar-refractivity contribution in [1.82, 2.24) is 0 Å². The molecule has 1 aromatic rings. The van der Waals surface area contributed by atoms with Crippen LogP contribution in [-0.4, -0.2) is 20.3 Å². The molecule has 0 amide bonds. The van der Waals surface area contributed by atoms with Gasteiger partial charge in [0, 0.05) is 19.8 Å². The molecule has 0 atom stereocenters. The Morgan fingerprint density at radius 2 is 2.00 bits per heavy atom. The number of ether oxygens (including phenoxy) is 2. The topological polar surface area (TPSA) is 44.5 Å². The fraction of sp³-hybridized carbons (Fsp3) is 0.455. The Balaban J connectivity index is 2.31. The van der Waals surface area contributed by atoms with Crippen LogP contribution < -0.4 is 10.5 Å². The second-order valence-corrected chi connectivity index (χ2v) is 3.23. The third kappa shape index (κ3) is 4.16. The van der Waals surface area contributed by atoms with E-state index < -0.39 is 0 Å². The average molecular weight is 213 g/mol. The maximum Gasteiger partial charge on any atom is 0.142 e. The number of methoxy groups -OCH3 is 1. The zero-order chi connectivity index (χ0) is 11.1. The van der Waals surface area contributed by atoms with Crippen molar-refractivity contribution in [2.24, 2.45) is 0 Å². The highest BCUT2D eigenvalue weighted by Gasteiger charge is 2.01. The number of rotatable bonds is 6. The molecule has 2 N–H and O–H groups in total. The van der Waals surface area contributed by atoms with Gasteiger partial charge in [-0.3, -0.25) is 0 Å². The van der Waals surface area contributed by atoms with Gasteiger partial charge < -0.3 is 15.2 Å². The minimum atomic E-state index is -0.348. The highest BCUT2D eigenvalue weighted by molar-refractivity contribution is 5.52. The summed E-state index contributed by atoms with van der Waals surface area (Å²) in [5.74, 6) is 0.188. The zero-order valence-electron chi connectivity index (χ0n) is 8.83. The van der Waals surface area contributed by atoms with Gasteiger partial charge in [-0.2, -0.15) is 0 Å². The number of unbranched alkanes of at least 4 members (excludes halogenated alkanes) is 1. The van der Waals surface area contributed by atoms with E-state index in [9.17, 15) is 4.39 Å². The molecule has 0 radical (unpaired) electrons. The van der Waals surface area contributed by atoms with Crippen LogP contribution in [0.1, 0.15) is 12.8 Å². The minimum Gasteiger partial charge on any atom is -0.491 e. The number of anilines is 1. The number of hydrogen-bond donors (Lipinski definition) is 1. The smallest absolute Gasteiger partial charge is 0.142 e. The van der Waals surface area contributed by atoms with Crippen molar-refractivity contribution in [1.29, 1.82) is 0 Å². The molecule has 0 bridgehead atoms. The predicted molar refractivity (Wildman–Crippen MR) is 57.4 cm³/mol. The summed E-state index contributed by atoms with van der Waals surface area (Å²) in [5, 5.41) is 0. The first-order valence-electron chi connectivity index (χ1n) is 4.91.